The van der Waals surface area contributed by atoms with Gasteiger partial charge in [0, 0.05) is 70.8 Å². The normalized spacial score (nSPS) is 15.9. The second-order valence-corrected chi connectivity index (χ2v) is 11.4. The molecule has 11 nitrogen and oxygen atoms in total. The van der Waals surface area contributed by atoms with Gasteiger partial charge >= 0.3 is 12.1 Å². The molecule has 2 aliphatic rings. The predicted octanol–water partition coefficient (Wildman–Crippen LogP) is 3.35. The van der Waals surface area contributed by atoms with E-state index in [1.807, 2.05) is 46.5 Å². The van der Waals surface area contributed by atoms with E-state index in [4.69, 9.17) is 4.74 Å². The number of carbonyl (C=O) groups is 3. The largest absolute Gasteiger partial charge is 0.444 e. The smallest absolute Gasteiger partial charge is 0.408 e. The van der Waals surface area contributed by atoms with Crippen LogP contribution in [0.2, 0.25) is 0 Å². The fourth-order valence-electron chi connectivity index (χ4n) is 4.82. The van der Waals surface area contributed by atoms with Crippen molar-refractivity contribution in [3.63, 3.8) is 0 Å². The average Bonchev–Trinajstić information content (AvgIpc) is 2.95. The summed E-state index contributed by atoms with van der Waals surface area (Å²) in [6.07, 6.45) is 6.40. The van der Waals surface area contributed by atoms with Gasteiger partial charge < -0.3 is 29.7 Å². The minimum absolute atomic E-state index is 0.138. The predicted molar refractivity (Wildman–Crippen MR) is 153 cm³/mol. The summed E-state index contributed by atoms with van der Waals surface area (Å²) in [7, 11) is 1.70. The quantitative estimate of drug-likeness (QED) is 0.586. The first-order valence-corrected chi connectivity index (χ1v) is 14.0. The Kier molecular flexibility index (Phi) is 9.44. The number of carbonyl (C=O) groups excluding carboxylic acids is 3. The SMILES string of the molecule is CN(Cc1cccc(-c2cnc(N3CCN(C(=O)N4CCCCC4)CC3)nc2)c1)C(=O)CNC(=O)OC(C)(C)C. The molecule has 1 aromatic heterocycles. The highest BCUT2D eigenvalue weighted by Crippen LogP contribution is 2.22. The number of piperazine rings is 1. The van der Waals surface area contributed by atoms with Crippen molar-refractivity contribution in [3.8, 4) is 11.1 Å². The van der Waals surface area contributed by atoms with E-state index in [2.05, 4.69) is 20.2 Å². The number of hydrogen-bond acceptors (Lipinski definition) is 7. The standard InChI is InChI=1S/C29H41N7O4/c1-29(2,3)40-27(38)32-20-25(37)33(4)21-22-9-8-10-23(17-22)24-18-30-26(31-19-24)34-13-15-36(16-14-34)28(39)35-11-6-5-7-12-35/h8-10,17-19H,5-7,11-16,20-21H2,1-4H3,(H,32,38). The van der Waals surface area contributed by atoms with Crippen molar-refractivity contribution in [2.45, 2.75) is 52.2 Å². The van der Waals surface area contributed by atoms with Crippen LogP contribution in [0, 0.1) is 0 Å². The van der Waals surface area contributed by atoms with Crippen LogP contribution in [-0.2, 0) is 16.1 Å². The fraction of sp³-hybridized carbons (Fsp3) is 0.552. The fourth-order valence-corrected chi connectivity index (χ4v) is 4.82. The average molecular weight is 552 g/mol. The maximum absolute atomic E-state index is 12.8. The zero-order chi connectivity index (χ0) is 28.7. The lowest BCUT2D eigenvalue weighted by molar-refractivity contribution is -0.129. The summed E-state index contributed by atoms with van der Waals surface area (Å²) in [6, 6.07) is 8.04. The summed E-state index contributed by atoms with van der Waals surface area (Å²) in [6.45, 7) is 10.0. The number of likely N-dealkylation sites (tertiary alicyclic amines) is 1. The number of benzene rings is 1. The number of alkyl carbamates (subject to hydrolysis) is 1. The highest BCUT2D eigenvalue weighted by Gasteiger charge is 2.27. The van der Waals surface area contributed by atoms with Crippen LogP contribution in [-0.4, -0.2) is 101 Å². The molecule has 0 spiro atoms. The van der Waals surface area contributed by atoms with Gasteiger partial charge in [-0.2, -0.15) is 0 Å². The lowest BCUT2D eigenvalue weighted by Crippen LogP contribution is -2.54. The molecule has 2 aliphatic heterocycles. The van der Waals surface area contributed by atoms with E-state index in [-0.39, 0.29) is 18.5 Å². The van der Waals surface area contributed by atoms with Gasteiger partial charge in [-0.1, -0.05) is 18.2 Å². The number of nitrogens with one attached hydrogen (secondary N) is 1. The Morgan fingerprint density at radius 1 is 0.925 bits per heavy atom. The number of rotatable bonds is 6. The molecule has 1 N–H and O–H groups in total. The van der Waals surface area contributed by atoms with Crippen molar-refractivity contribution in [3.05, 3.63) is 42.2 Å². The summed E-state index contributed by atoms with van der Waals surface area (Å²) in [5.74, 6) is 0.439. The van der Waals surface area contributed by atoms with Crippen molar-refractivity contribution in [1.82, 2.24) is 30.0 Å². The molecule has 0 aliphatic carbocycles. The highest BCUT2D eigenvalue weighted by atomic mass is 16.6. The van der Waals surface area contributed by atoms with Gasteiger partial charge in [0.25, 0.3) is 0 Å². The molecule has 0 saturated carbocycles. The Bertz CT molecular complexity index is 1170. The number of piperidine rings is 1. The lowest BCUT2D eigenvalue weighted by Gasteiger charge is -2.38. The lowest BCUT2D eigenvalue weighted by atomic mass is 10.1. The zero-order valence-electron chi connectivity index (χ0n) is 24.1. The topological polar surface area (TPSA) is 111 Å². The molecular weight excluding hydrogens is 510 g/mol. The Labute approximate surface area is 236 Å². The first kappa shape index (κ1) is 29.1. The summed E-state index contributed by atoms with van der Waals surface area (Å²) in [5.41, 5.74) is 2.16. The Hall–Kier alpha value is -3.89. The van der Waals surface area contributed by atoms with Crippen molar-refractivity contribution in [2.75, 3.05) is 57.8 Å². The van der Waals surface area contributed by atoms with E-state index in [0.717, 1.165) is 42.6 Å². The molecule has 0 unspecified atom stereocenters. The molecular formula is C29H41N7O4. The second kappa shape index (κ2) is 13.0. The minimum atomic E-state index is -0.622. The van der Waals surface area contributed by atoms with Crippen LogP contribution in [0.4, 0.5) is 15.5 Å². The van der Waals surface area contributed by atoms with E-state index in [1.54, 1.807) is 32.7 Å². The van der Waals surface area contributed by atoms with Crippen molar-refractivity contribution in [2.24, 2.45) is 0 Å². The maximum Gasteiger partial charge on any atom is 0.408 e. The first-order valence-electron chi connectivity index (χ1n) is 14.0. The van der Waals surface area contributed by atoms with Crippen LogP contribution >= 0.6 is 0 Å². The van der Waals surface area contributed by atoms with Gasteiger partial charge in [0.2, 0.25) is 11.9 Å². The van der Waals surface area contributed by atoms with E-state index < -0.39 is 11.7 Å². The number of aromatic nitrogens is 2. The second-order valence-electron chi connectivity index (χ2n) is 11.4. The van der Waals surface area contributed by atoms with Crippen LogP contribution in [0.3, 0.4) is 0 Å². The molecule has 40 heavy (non-hydrogen) atoms. The monoisotopic (exact) mass is 551 g/mol. The van der Waals surface area contributed by atoms with Gasteiger partial charge in [0.05, 0.1) is 0 Å². The first-order chi connectivity index (χ1) is 19.1. The van der Waals surface area contributed by atoms with E-state index in [0.29, 0.717) is 38.7 Å². The summed E-state index contributed by atoms with van der Waals surface area (Å²) >= 11 is 0. The Balaban J connectivity index is 1.28. The maximum atomic E-state index is 12.8. The summed E-state index contributed by atoms with van der Waals surface area (Å²) in [5, 5.41) is 2.50. The van der Waals surface area contributed by atoms with Crippen molar-refractivity contribution < 1.29 is 19.1 Å². The summed E-state index contributed by atoms with van der Waals surface area (Å²) in [4.78, 5) is 53.9. The van der Waals surface area contributed by atoms with Crippen LogP contribution in [0.1, 0.15) is 45.6 Å². The van der Waals surface area contributed by atoms with Crippen LogP contribution in [0.25, 0.3) is 11.1 Å². The van der Waals surface area contributed by atoms with E-state index in [9.17, 15) is 14.4 Å². The molecule has 2 aromatic rings. The molecule has 4 amide bonds. The van der Waals surface area contributed by atoms with Gasteiger partial charge in [-0.15, -0.1) is 0 Å². The third-order valence-corrected chi connectivity index (χ3v) is 6.99. The highest BCUT2D eigenvalue weighted by molar-refractivity contribution is 5.82. The van der Waals surface area contributed by atoms with Crippen LogP contribution in [0.15, 0.2) is 36.7 Å². The van der Waals surface area contributed by atoms with E-state index in [1.165, 1.54) is 6.42 Å². The number of anilines is 1. The van der Waals surface area contributed by atoms with Crippen LogP contribution in [0.5, 0.6) is 0 Å². The molecule has 216 valence electrons. The number of amides is 4. The minimum Gasteiger partial charge on any atom is -0.444 e. The molecule has 1 aromatic carbocycles. The van der Waals surface area contributed by atoms with Gasteiger partial charge in [0.15, 0.2) is 0 Å². The Morgan fingerprint density at radius 2 is 1.57 bits per heavy atom. The van der Waals surface area contributed by atoms with Gasteiger partial charge in [0.1, 0.15) is 12.1 Å². The summed E-state index contributed by atoms with van der Waals surface area (Å²) < 4.78 is 5.18. The van der Waals surface area contributed by atoms with Gasteiger partial charge in [-0.05, 0) is 57.2 Å². The number of likely N-dealkylation sites (N-methyl/N-ethyl adjacent to an activating group) is 1. The Morgan fingerprint density at radius 3 is 2.23 bits per heavy atom. The molecule has 0 radical (unpaired) electrons. The van der Waals surface area contributed by atoms with Crippen molar-refractivity contribution in [1.29, 1.82) is 0 Å². The molecule has 3 heterocycles. The molecule has 0 bridgehead atoms. The third-order valence-electron chi connectivity index (χ3n) is 6.99. The van der Waals surface area contributed by atoms with Gasteiger partial charge in [-0.25, -0.2) is 19.6 Å². The third kappa shape index (κ3) is 8.06. The zero-order valence-corrected chi connectivity index (χ0v) is 24.1. The van der Waals surface area contributed by atoms with E-state index >= 15 is 0 Å². The molecule has 2 saturated heterocycles. The number of nitrogens with zero attached hydrogens (tertiary/aromatic N) is 6. The number of hydrogen-bond donors (Lipinski definition) is 1. The number of urea groups is 1. The van der Waals surface area contributed by atoms with Crippen molar-refractivity contribution >= 4 is 24.0 Å². The molecule has 11 heteroatoms. The molecule has 0 atom stereocenters. The van der Waals surface area contributed by atoms with Crippen LogP contribution < -0.4 is 10.2 Å². The molecule has 4 rings (SSSR count). The molecule has 2 fully saturated rings. The number of ether oxygens (including phenoxy) is 1. The van der Waals surface area contributed by atoms with Gasteiger partial charge in [-0.3, -0.25) is 4.79 Å².